The predicted molar refractivity (Wildman–Crippen MR) is 82.1 cm³/mol. The number of nitrogens with zero attached hydrogens (tertiary/aromatic N) is 1. The van der Waals surface area contributed by atoms with Crippen LogP contribution >= 0.6 is 11.8 Å². The summed E-state index contributed by atoms with van der Waals surface area (Å²) in [5, 5.41) is 0. The van der Waals surface area contributed by atoms with Crippen molar-refractivity contribution in [3.63, 3.8) is 0 Å². The molecule has 1 aliphatic heterocycles. The third-order valence-corrected chi connectivity index (χ3v) is 4.55. The Morgan fingerprint density at radius 3 is 2.47 bits per heavy atom. The van der Waals surface area contributed by atoms with Gasteiger partial charge in [0.2, 0.25) is 5.91 Å². The second-order valence-corrected chi connectivity index (χ2v) is 6.71. The molecule has 3 heteroatoms. The van der Waals surface area contributed by atoms with Crippen LogP contribution in [0.3, 0.4) is 0 Å². The van der Waals surface area contributed by atoms with Crippen molar-refractivity contribution in [2.45, 2.75) is 26.0 Å². The lowest BCUT2D eigenvalue weighted by molar-refractivity contribution is -0.130. The smallest absolute Gasteiger partial charge is 0.232 e. The highest BCUT2D eigenvalue weighted by molar-refractivity contribution is 7.99. The Kier molecular flexibility index (Phi) is 5.32. The van der Waals surface area contributed by atoms with Crippen LogP contribution in [0.25, 0.3) is 0 Å². The summed E-state index contributed by atoms with van der Waals surface area (Å²) in [5.74, 6) is 3.12. The van der Waals surface area contributed by atoms with Gasteiger partial charge in [-0.1, -0.05) is 44.2 Å². The number of hydrogen-bond donors (Lipinski definition) is 0. The highest BCUT2D eigenvalue weighted by atomic mass is 32.2. The Morgan fingerprint density at radius 1 is 1.21 bits per heavy atom. The van der Waals surface area contributed by atoms with E-state index in [0.717, 1.165) is 18.8 Å². The molecular weight excluding hydrogens is 254 g/mol. The molecule has 2 atom stereocenters. The predicted octanol–water partition coefficient (Wildman–Crippen LogP) is 3.42. The van der Waals surface area contributed by atoms with Crippen LogP contribution in [-0.2, 0) is 10.5 Å². The van der Waals surface area contributed by atoms with E-state index in [0.29, 0.717) is 23.5 Å². The molecule has 1 saturated heterocycles. The molecule has 0 saturated carbocycles. The first kappa shape index (κ1) is 14.4. The van der Waals surface area contributed by atoms with E-state index in [1.54, 1.807) is 11.8 Å². The second kappa shape index (κ2) is 6.99. The van der Waals surface area contributed by atoms with Crippen LogP contribution in [0.5, 0.6) is 0 Å². The minimum absolute atomic E-state index is 0.305. The summed E-state index contributed by atoms with van der Waals surface area (Å²) in [6, 6.07) is 10.3. The summed E-state index contributed by atoms with van der Waals surface area (Å²) < 4.78 is 0. The van der Waals surface area contributed by atoms with Crippen LogP contribution in [0, 0.1) is 11.8 Å². The van der Waals surface area contributed by atoms with Crippen LogP contribution < -0.4 is 0 Å². The zero-order valence-corrected chi connectivity index (χ0v) is 12.7. The average Bonchev–Trinajstić information content (AvgIpc) is 2.38. The summed E-state index contributed by atoms with van der Waals surface area (Å²) in [6.07, 6.45) is 1.25. The summed E-state index contributed by atoms with van der Waals surface area (Å²) in [7, 11) is 0. The Morgan fingerprint density at radius 2 is 1.84 bits per heavy atom. The lowest BCUT2D eigenvalue weighted by Crippen LogP contribution is -2.43. The second-order valence-electron chi connectivity index (χ2n) is 5.72. The van der Waals surface area contributed by atoms with E-state index in [-0.39, 0.29) is 0 Å². The van der Waals surface area contributed by atoms with Gasteiger partial charge < -0.3 is 4.90 Å². The molecule has 2 rings (SSSR count). The molecule has 104 valence electrons. The average molecular weight is 277 g/mol. The van der Waals surface area contributed by atoms with Crippen LogP contribution in [-0.4, -0.2) is 29.6 Å². The van der Waals surface area contributed by atoms with Crippen molar-refractivity contribution in [1.82, 2.24) is 4.90 Å². The van der Waals surface area contributed by atoms with Gasteiger partial charge in [0.05, 0.1) is 5.75 Å². The van der Waals surface area contributed by atoms with Crippen molar-refractivity contribution in [3.8, 4) is 0 Å². The third kappa shape index (κ3) is 4.57. The van der Waals surface area contributed by atoms with Gasteiger partial charge in [0.25, 0.3) is 0 Å². The first-order valence-electron chi connectivity index (χ1n) is 7.04. The quantitative estimate of drug-likeness (QED) is 0.840. The van der Waals surface area contributed by atoms with E-state index in [1.165, 1.54) is 12.0 Å². The number of likely N-dealkylation sites (tertiary alicyclic amines) is 1. The fourth-order valence-electron chi connectivity index (χ4n) is 2.79. The molecule has 0 bridgehead atoms. The summed E-state index contributed by atoms with van der Waals surface area (Å²) in [4.78, 5) is 14.2. The zero-order chi connectivity index (χ0) is 13.7. The van der Waals surface area contributed by atoms with E-state index in [9.17, 15) is 4.79 Å². The summed E-state index contributed by atoms with van der Waals surface area (Å²) in [5.41, 5.74) is 1.29. The maximum absolute atomic E-state index is 12.2. The van der Waals surface area contributed by atoms with Gasteiger partial charge in [-0.15, -0.1) is 11.8 Å². The van der Waals surface area contributed by atoms with E-state index in [1.807, 2.05) is 18.2 Å². The SMILES string of the molecule is C[C@@H]1C[C@@H](C)CN(C(=O)CSCc2ccccc2)C1. The standard InChI is InChI=1S/C16H23NOS/c1-13-8-14(2)10-17(9-13)16(18)12-19-11-15-6-4-3-5-7-15/h3-7,13-14H,8-12H2,1-2H3/t13-,14-/m1/s1. The number of hydrogen-bond acceptors (Lipinski definition) is 2. The van der Waals surface area contributed by atoms with E-state index in [4.69, 9.17) is 0 Å². The van der Waals surface area contributed by atoms with E-state index in [2.05, 4.69) is 30.9 Å². The van der Waals surface area contributed by atoms with Crippen molar-refractivity contribution >= 4 is 17.7 Å². The molecular formula is C16H23NOS. The van der Waals surface area contributed by atoms with Gasteiger partial charge in [0.15, 0.2) is 0 Å². The van der Waals surface area contributed by atoms with Gasteiger partial charge in [-0.2, -0.15) is 0 Å². The Balaban J connectivity index is 1.75. The van der Waals surface area contributed by atoms with Crippen molar-refractivity contribution in [2.75, 3.05) is 18.8 Å². The number of amides is 1. The van der Waals surface area contributed by atoms with Crippen LogP contribution in [0.15, 0.2) is 30.3 Å². The minimum atomic E-state index is 0.305. The van der Waals surface area contributed by atoms with Gasteiger partial charge >= 0.3 is 0 Å². The van der Waals surface area contributed by atoms with E-state index < -0.39 is 0 Å². The number of benzene rings is 1. The highest BCUT2D eigenvalue weighted by Crippen LogP contribution is 2.22. The molecule has 0 aliphatic carbocycles. The molecule has 19 heavy (non-hydrogen) atoms. The Labute approximate surface area is 120 Å². The zero-order valence-electron chi connectivity index (χ0n) is 11.8. The van der Waals surface area contributed by atoms with Crippen molar-refractivity contribution < 1.29 is 4.79 Å². The first-order chi connectivity index (χ1) is 9.15. The molecule has 0 unspecified atom stereocenters. The molecule has 1 fully saturated rings. The maximum atomic E-state index is 12.2. The fourth-order valence-corrected chi connectivity index (χ4v) is 3.68. The third-order valence-electron chi connectivity index (χ3n) is 3.56. The fraction of sp³-hybridized carbons (Fsp3) is 0.562. The number of piperidine rings is 1. The number of rotatable bonds is 4. The number of thioether (sulfide) groups is 1. The monoisotopic (exact) mass is 277 g/mol. The van der Waals surface area contributed by atoms with E-state index >= 15 is 0 Å². The highest BCUT2D eigenvalue weighted by Gasteiger charge is 2.24. The first-order valence-corrected chi connectivity index (χ1v) is 8.20. The van der Waals surface area contributed by atoms with Gasteiger partial charge in [-0.25, -0.2) is 0 Å². The summed E-state index contributed by atoms with van der Waals surface area (Å²) >= 11 is 1.72. The largest absolute Gasteiger partial charge is 0.341 e. The van der Waals surface area contributed by atoms with Gasteiger partial charge in [0, 0.05) is 18.8 Å². The van der Waals surface area contributed by atoms with Crippen LogP contribution in [0.1, 0.15) is 25.8 Å². The molecule has 2 nitrogen and oxygen atoms in total. The molecule has 1 aromatic rings. The van der Waals surface area contributed by atoms with Crippen LogP contribution in [0.2, 0.25) is 0 Å². The lowest BCUT2D eigenvalue weighted by Gasteiger charge is -2.35. The Hall–Kier alpha value is -0.960. The molecule has 1 aliphatic rings. The van der Waals surface area contributed by atoms with Crippen molar-refractivity contribution in [3.05, 3.63) is 35.9 Å². The summed E-state index contributed by atoms with van der Waals surface area (Å²) in [6.45, 7) is 6.37. The normalized spacial score (nSPS) is 23.4. The Bertz CT molecular complexity index is 396. The minimum Gasteiger partial charge on any atom is -0.341 e. The molecule has 0 radical (unpaired) electrons. The topological polar surface area (TPSA) is 20.3 Å². The number of carbonyl (C=O) groups is 1. The lowest BCUT2D eigenvalue weighted by atomic mass is 9.92. The van der Waals surface area contributed by atoms with Crippen molar-refractivity contribution in [2.24, 2.45) is 11.8 Å². The molecule has 0 N–H and O–H groups in total. The molecule has 0 aromatic heterocycles. The molecule has 1 aromatic carbocycles. The van der Waals surface area contributed by atoms with Gasteiger partial charge in [-0.3, -0.25) is 4.79 Å². The van der Waals surface area contributed by atoms with Gasteiger partial charge in [-0.05, 0) is 23.8 Å². The van der Waals surface area contributed by atoms with Crippen molar-refractivity contribution in [1.29, 1.82) is 0 Å². The molecule has 1 heterocycles. The molecule has 0 spiro atoms. The van der Waals surface area contributed by atoms with Gasteiger partial charge in [0.1, 0.15) is 0 Å². The number of carbonyl (C=O) groups excluding carboxylic acids is 1. The van der Waals surface area contributed by atoms with Crippen LogP contribution in [0.4, 0.5) is 0 Å². The maximum Gasteiger partial charge on any atom is 0.232 e. The molecule has 1 amide bonds.